The molecule has 6 nitrogen and oxygen atoms in total. The average Bonchev–Trinajstić information content (AvgIpc) is 3.16. The molecule has 0 aliphatic carbocycles. The summed E-state index contributed by atoms with van der Waals surface area (Å²) in [6.45, 7) is 0.133. The highest BCUT2D eigenvalue weighted by atomic mass is 35.5. The molecule has 1 heterocycles. The zero-order valence-corrected chi connectivity index (χ0v) is 18.5. The third kappa shape index (κ3) is 5.49. The van der Waals surface area contributed by atoms with E-state index in [2.05, 4.69) is 9.55 Å². The van der Waals surface area contributed by atoms with Gasteiger partial charge in [-0.1, -0.05) is 78.0 Å². The number of hydrogen-bond acceptors (Lipinski definition) is 6. The van der Waals surface area contributed by atoms with Crippen LogP contribution in [0.25, 0.3) is 11.0 Å². The fraction of sp³-hybridized carbons (Fsp3) is 0.125. The number of hydrogen-bond donors (Lipinski definition) is 0. The molecule has 0 bridgehead atoms. The number of rotatable bonds is 8. The summed E-state index contributed by atoms with van der Waals surface area (Å²) in [4.78, 5) is 28.8. The Balaban J connectivity index is 1.37. The molecule has 0 radical (unpaired) electrons. The number of ether oxygens (including phenoxy) is 2. The summed E-state index contributed by atoms with van der Waals surface area (Å²) in [6, 6.07) is 24.4. The molecule has 0 amide bonds. The first-order valence-electron chi connectivity index (χ1n) is 9.83. The van der Waals surface area contributed by atoms with E-state index in [1.165, 1.54) is 11.8 Å². The number of nitrogens with zero attached hydrogens (tertiary/aromatic N) is 2. The van der Waals surface area contributed by atoms with Crippen molar-refractivity contribution in [2.75, 3.05) is 12.4 Å². The van der Waals surface area contributed by atoms with Gasteiger partial charge in [-0.2, -0.15) is 0 Å². The van der Waals surface area contributed by atoms with Crippen molar-refractivity contribution in [3.63, 3.8) is 0 Å². The molecule has 0 spiro atoms. The molecule has 4 aromatic rings. The lowest BCUT2D eigenvalue weighted by molar-refractivity contribution is -0.151. The van der Waals surface area contributed by atoms with E-state index in [1.54, 1.807) is 24.3 Å². The molecule has 1 aromatic heterocycles. The first-order valence-corrected chi connectivity index (χ1v) is 11.2. The topological polar surface area (TPSA) is 70.4 Å². The van der Waals surface area contributed by atoms with Gasteiger partial charge in [-0.3, -0.25) is 4.79 Å². The van der Waals surface area contributed by atoms with Crippen LogP contribution < -0.4 is 4.74 Å². The normalized spacial score (nSPS) is 10.8. The van der Waals surface area contributed by atoms with Gasteiger partial charge in [-0.25, -0.2) is 9.78 Å². The number of aromatic nitrogens is 2. The number of imidazole rings is 1. The molecule has 3 aromatic carbocycles. The second-order valence-corrected chi connectivity index (χ2v) is 8.16. The largest absolute Gasteiger partial charge is 0.453 e. The van der Waals surface area contributed by atoms with E-state index in [4.69, 9.17) is 21.1 Å². The summed E-state index contributed by atoms with van der Waals surface area (Å²) in [5, 5.41) is 1.01. The van der Waals surface area contributed by atoms with Crippen molar-refractivity contribution in [1.82, 2.24) is 9.55 Å². The molecule has 162 valence electrons. The number of halogens is 1. The maximum absolute atomic E-state index is 12.2. The summed E-state index contributed by atoms with van der Waals surface area (Å²) in [5.41, 5.74) is 2.96. The van der Waals surface area contributed by atoms with Gasteiger partial charge in [-0.15, -0.1) is 0 Å². The molecule has 8 heteroatoms. The average molecular weight is 467 g/mol. The lowest BCUT2D eigenvalue weighted by Gasteiger charge is -2.09. The number of esters is 2. The lowest BCUT2D eigenvalue weighted by atomic mass is 10.2. The standard InChI is InChI=1S/C24H19ClN2O4S/c25-18-10-4-7-13-21(18)31-22(28)15-30-23(29)16-32-24-26-19-11-5-6-12-20(19)27(24)14-17-8-2-1-3-9-17/h1-13H,14-16H2. The number of thioether (sulfide) groups is 1. The number of carbonyl (C=O) groups is 2. The van der Waals surface area contributed by atoms with Gasteiger partial charge in [0.1, 0.15) is 5.75 Å². The van der Waals surface area contributed by atoms with E-state index in [0.29, 0.717) is 16.7 Å². The fourth-order valence-corrected chi connectivity index (χ4v) is 4.05. The summed E-state index contributed by atoms with van der Waals surface area (Å²) in [6.07, 6.45) is 0. The lowest BCUT2D eigenvalue weighted by Crippen LogP contribution is -2.20. The van der Waals surface area contributed by atoms with Crippen LogP contribution in [0.4, 0.5) is 0 Å². The van der Waals surface area contributed by atoms with Crippen molar-refractivity contribution in [3.05, 3.63) is 89.4 Å². The van der Waals surface area contributed by atoms with Crippen LogP contribution >= 0.6 is 23.4 Å². The van der Waals surface area contributed by atoms with Crippen molar-refractivity contribution in [3.8, 4) is 5.75 Å². The Kier molecular flexibility index (Phi) is 7.09. The Morgan fingerprint density at radius 1 is 0.906 bits per heavy atom. The molecular formula is C24H19ClN2O4S. The molecule has 0 atom stereocenters. The van der Waals surface area contributed by atoms with Crippen molar-refractivity contribution in [1.29, 1.82) is 0 Å². The zero-order valence-electron chi connectivity index (χ0n) is 16.9. The first kappa shape index (κ1) is 21.9. The third-order valence-corrected chi connectivity index (χ3v) is 5.80. The summed E-state index contributed by atoms with van der Waals surface area (Å²) in [5.74, 6) is -1.01. The Morgan fingerprint density at radius 3 is 2.44 bits per heavy atom. The smallest absolute Gasteiger partial charge is 0.349 e. The second-order valence-electron chi connectivity index (χ2n) is 6.81. The highest BCUT2D eigenvalue weighted by molar-refractivity contribution is 7.99. The van der Waals surface area contributed by atoms with Crippen LogP contribution in [0.3, 0.4) is 0 Å². The van der Waals surface area contributed by atoms with Crippen molar-refractivity contribution in [2.45, 2.75) is 11.7 Å². The quantitative estimate of drug-likeness (QED) is 0.207. The molecule has 4 rings (SSSR count). The van der Waals surface area contributed by atoms with Gasteiger partial charge >= 0.3 is 11.9 Å². The van der Waals surface area contributed by atoms with E-state index in [-0.39, 0.29) is 11.5 Å². The predicted octanol–water partition coefficient (Wildman–Crippen LogP) is 4.98. The van der Waals surface area contributed by atoms with Gasteiger partial charge in [0.05, 0.1) is 28.4 Å². The van der Waals surface area contributed by atoms with Crippen LogP contribution in [0.15, 0.2) is 84.0 Å². The molecule has 0 aliphatic rings. The van der Waals surface area contributed by atoms with Crippen LogP contribution in [-0.2, 0) is 20.9 Å². The SMILES string of the molecule is O=C(CSc1nc2ccccc2n1Cc1ccccc1)OCC(=O)Oc1ccccc1Cl. The molecule has 0 saturated carbocycles. The first-order chi connectivity index (χ1) is 15.6. The molecule has 0 saturated heterocycles. The number of para-hydroxylation sites is 3. The van der Waals surface area contributed by atoms with E-state index in [1.807, 2.05) is 54.6 Å². The maximum atomic E-state index is 12.2. The predicted molar refractivity (Wildman–Crippen MR) is 124 cm³/mol. The summed E-state index contributed by atoms with van der Waals surface area (Å²) >= 11 is 7.22. The molecule has 0 aliphatic heterocycles. The van der Waals surface area contributed by atoms with Crippen LogP contribution in [0, 0.1) is 0 Å². The van der Waals surface area contributed by atoms with E-state index in [0.717, 1.165) is 16.6 Å². The molecule has 0 N–H and O–H groups in total. The van der Waals surface area contributed by atoms with Crippen LogP contribution in [0.1, 0.15) is 5.56 Å². The highest BCUT2D eigenvalue weighted by Crippen LogP contribution is 2.26. The van der Waals surface area contributed by atoms with Gasteiger partial charge < -0.3 is 14.0 Å². The maximum Gasteiger partial charge on any atom is 0.349 e. The van der Waals surface area contributed by atoms with Gasteiger partial charge in [0.15, 0.2) is 11.8 Å². The van der Waals surface area contributed by atoms with Crippen molar-refractivity contribution in [2.24, 2.45) is 0 Å². The Hall–Kier alpha value is -3.29. The van der Waals surface area contributed by atoms with Gasteiger partial charge in [0, 0.05) is 0 Å². The van der Waals surface area contributed by atoms with Crippen molar-refractivity contribution < 1.29 is 19.1 Å². The summed E-state index contributed by atoms with van der Waals surface area (Å²) < 4.78 is 12.2. The third-order valence-electron chi connectivity index (χ3n) is 4.53. The number of benzene rings is 3. The van der Waals surface area contributed by atoms with Gasteiger partial charge in [0.2, 0.25) is 0 Å². The van der Waals surface area contributed by atoms with Crippen LogP contribution in [0.2, 0.25) is 5.02 Å². The molecule has 32 heavy (non-hydrogen) atoms. The Labute approximate surface area is 194 Å². The minimum Gasteiger partial charge on any atom is -0.453 e. The Bertz CT molecular complexity index is 1240. The van der Waals surface area contributed by atoms with E-state index >= 15 is 0 Å². The van der Waals surface area contributed by atoms with Gasteiger partial charge in [-0.05, 0) is 29.8 Å². The molecule has 0 fully saturated rings. The van der Waals surface area contributed by atoms with E-state index < -0.39 is 18.5 Å². The van der Waals surface area contributed by atoms with Crippen molar-refractivity contribution >= 4 is 46.3 Å². The Morgan fingerprint density at radius 2 is 1.62 bits per heavy atom. The number of fused-ring (bicyclic) bond motifs is 1. The fourth-order valence-electron chi connectivity index (χ4n) is 3.07. The minimum atomic E-state index is -0.701. The zero-order chi connectivity index (χ0) is 22.3. The second kappa shape index (κ2) is 10.3. The molecule has 0 unspecified atom stereocenters. The number of carbonyl (C=O) groups excluding carboxylic acids is 2. The molecular weight excluding hydrogens is 448 g/mol. The van der Waals surface area contributed by atoms with Crippen LogP contribution in [0.5, 0.6) is 5.75 Å². The summed E-state index contributed by atoms with van der Waals surface area (Å²) in [7, 11) is 0. The van der Waals surface area contributed by atoms with Crippen LogP contribution in [-0.4, -0.2) is 33.8 Å². The minimum absolute atomic E-state index is 0.0114. The highest BCUT2D eigenvalue weighted by Gasteiger charge is 2.16. The van der Waals surface area contributed by atoms with Gasteiger partial charge in [0.25, 0.3) is 0 Å². The van der Waals surface area contributed by atoms with E-state index in [9.17, 15) is 9.59 Å². The monoisotopic (exact) mass is 466 g/mol.